The van der Waals surface area contributed by atoms with E-state index < -0.39 is 6.10 Å². The summed E-state index contributed by atoms with van der Waals surface area (Å²) < 4.78 is 22.5. The van der Waals surface area contributed by atoms with Crippen molar-refractivity contribution in [2.24, 2.45) is 0 Å². The minimum absolute atomic E-state index is 0. The summed E-state index contributed by atoms with van der Waals surface area (Å²) in [5.74, 6) is 0. The number of hydrogen-bond acceptors (Lipinski definition) is 1. The van der Waals surface area contributed by atoms with Gasteiger partial charge in [0, 0.05) is 17.4 Å². The normalized spacial score (nSPS) is 7.94. The van der Waals surface area contributed by atoms with Crippen LogP contribution in [0.25, 0.3) is 0 Å². The Morgan fingerprint density at radius 2 is 1.44 bits per heavy atom. The Bertz CT molecular complexity index is 316. The van der Waals surface area contributed by atoms with Gasteiger partial charge in [-0.2, -0.15) is 0 Å². The van der Waals surface area contributed by atoms with Crippen LogP contribution in [0.5, 0.6) is 0 Å². The van der Waals surface area contributed by atoms with E-state index in [1.165, 1.54) is 0 Å². The molecule has 0 bridgehead atoms. The van der Waals surface area contributed by atoms with Crippen LogP contribution in [-0.2, 0) is 31.3 Å². The zero-order valence-corrected chi connectivity index (χ0v) is 10.8. The number of aliphatic hydroxyl groups excluding tert-OH is 1. The minimum Gasteiger partial charge on any atom is 0 e. The van der Waals surface area contributed by atoms with Gasteiger partial charge in [-0.3, -0.25) is 0 Å². The molecule has 0 saturated carbocycles. The van der Waals surface area contributed by atoms with Crippen molar-refractivity contribution < 1.29 is 36.4 Å². The van der Waals surface area contributed by atoms with Crippen LogP contribution in [0.1, 0.15) is 18.1 Å². The van der Waals surface area contributed by atoms with Crippen molar-refractivity contribution in [2.75, 3.05) is 0 Å². The maximum Gasteiger partial charge on any atom is 0 e. The molecule has 0 aliphatic rings. The Hall–Kier alpha value is -1.33. The molecule has 18 heavy (non-hydrogen) atoms. The van der Waals surface area contributed by atoms with Crippen LogP contribution in [-0.4, -0.2) is 5.11 Å². The van der Waals surface area contributed by atoms with E-state index in [9.17, 15) is 5.11 Å². The molecule has 0 fully saturated rings. The van der Waals surface area contributed by atoms with Crippen molar-refractivity contribution >= 4 is 0 Å². The van der Waals surface area contributed by atoms with E-state index in [2.05, 4.69) is 26.5 Å². The number of aliphatic hydroxyl groups is 1. The molecule has 5 heteroatoms. The van der Waals surface area contributed by atoms with Crippen LogP contribution >= 0.6 is 0 Å². The van der Waals surface area contributed by atoms with Crippen LogP contribution in [0.3, 0.4) is 0 Å². The second-order valence-corrected chi connectivity index (χ2v) is 2.45. The molecule has 0 saturated heterocycles. The third-order valence-corrected chi connectivity index (χ3v) is 1.57. The standard InChI is InChI=1S/C10H12O.3CO.Cr/c1-2-6-10(11)9-7-4-3-5-8-9;3*1-2;/h2-5,7-8,10-11H,1,6H2;;;;/t10-;;;;/m1..../s1. The largest absolute Gasteiger partial charge is 0 e. The number of hydrogen-bond donors (Lipinski definition) is 1. The zero-order chi connectivity index (χ0) is 14.1. The fourth-order valence-electron chi connectivity index (χ4n) is 0.969. The molecule has 1 aromatic carbocycles. The first kappa shape index (κ1) is 25.5. The van der Waals surface area contributed by atoms with Gasteiger partial charge >= 0.3 is 33.9 Å². The summed E-state index contributed by atoms with van der Waals surface area (Å²) in [7, 11) is 0. The van der Waals surface area contributed by atoms with Crippen LogP contribution in [0.15, 0.2) is 43.0 Å². The maximum absolute atomic E-state index is 9.45. The van der Waals surface area contributed by atoms with E-state index in [0.717, 1.165) is 5.56 Å². The van der Waals surface area contributed by atoms with Crippen molar-refractivity contribution in [2.45, 2.75) is 12.5 Å². The predicted octanol–water partition coefficient (Wildman–Crippen LogP) is 2.18. The average molecular weight is 284 g/mol. The van der Waals surface area contributed by atoms with Gasteiger partial charge in [-0.15, -0.1) is 6.58 Å². The SMILES string of the molecule is C=CC[C@@H](O)c1ccccc1.[C-]#[O+].[C-]#[O+].[C-]#[O+].[Cr]. The van der Waals surface area contributed by atoms with Gasteiger partial charge in [0.05, 0.1) is 6.10 Å². The second-order valence-electron chi connectivity index (χ2n) is 2.45. The summed E-state index contributed by atoms with van der Waals surface area (Å²) in [5.41, 5.74) is 0.951. The summed E-state index contributed by atoms with van der Waals surface area (Å²) in [6.45, 7) is 17.1. The third-order valence-electron chi connectivity index (χ3n) is 1.57. The Labute approximate surface area is 118 Å². The van der Waals surface area contributed by atoms with Gasteiger partial charge in [0.1, 0.15) is 0 Å². The van der Waals surface area contributed by atoms with Crippen molar-refractivity contribution in [1.29, 1.82) is 0 Å². The Morgan fingerprint density at radius 1 is 1.06 bits per heavy atom. The quantitative estimate of drug-likeness (QED) is 0.515. The molecule has 1 N–H and O–H groups in total. The third kappa shape index (κ3) is 14.7. The first-order chi connectivity index (χ1) is 8.34. The van der Waals surface area contributed by atoms with Gasteiger partial charge in [0.15, 0.2) is 0 Å². The molecule has 0 aliphatic carbocycles. The first-order valence-electron chi connectivity index (χ1n) is 4.29. The fraction of sp³-hybridized carbons (Fsp3) is 0.154. The molecule has 94 valence electrons. The summed E-state index contributed by atoms with van der Waals surface area (Å²) in [5, 5.41) is 9.45. The zero-order valence-electron chi connectivity index (χ0n) is 9.54. The summed E-state index contributed by atoms with van der Waals surface area (Å²) in [6, 6.07) is 9.59. The Balaban J connectivity index is -0.000000123. The molecule has 0 spiro atoms. The van der Waals surface area contributed by atoms with E-state index in [-0.39, 0.29) is 17.4 Å². The number of rotatable bonds is 3. The van der Waals surface area contributed by atoms with Gasteiger partial charge in [0.2, 0.25) is 0 Å². The van der Waals surface area contributed by atoms with Crippen LogP contribution < -0.4 is 0 Å². The molecule has 0 radical (unpaired) electrons. The molecule has 0 unspecified atom stereocenters. The van der Waals surface area contributed by atoms with Gasteiger partial charge in [-0.05, 0) is 12.0 Å². The van der Waals surface area contributed by atoms with Crippen molar-refractivity contribution in [1.82, 2.24) is 0 Å². The van der Waals surface area contributed by atoms with Crippen molar-refractivity contribution in [3.05, 3.63) is 68.5 Å². The number of benzene rings is 1. The van der Waals surface area contributed by atoms with Gasteiger partial charge in [-0.25, -0.2) is 0 Å². The molecular weight excluding hydrogens is 272 g/mol. The second kappa shape index (κ2) is 24.8. The van der Waals surface area contributed by atoms with Crippen LogP contribution in [0.2, 0.25) is 0 Å². The monoisotopic (exact) mass is 284 g/mol. The van der Waals surface area contributed by atoms with Crippen molar-refractivity contribution in [3.63, 3.8) is 0 Å². The molecule has 0 amide bonds. The van der Waals surface area contributed by atoms with Crippen LogP contribution in [0, 0.1) is 20.0 Å². The van der Waals surface area contributed by atoms with Gasteiger partial charge in [-0.1, -0.05) is 36.4 Å². The van der Waals surface area contributed by atoms with Crippen molar-refractivity contribution in [3.8, 4) is 0 Å². The summed E-state index contributed by atoms with van der Waals surface area (Å²) in [4.78, 5) is 0. The molecular formula is C13H12CrO4. The topological polar surface area (TPSA) is 79.9 Å². The summed E-state index contributed by atoms with van der Waals surface area (Å²) in [6.07, 6.45) is 1.94. The summed E-state index contributed by atoms with van der Waals surface area (Å²) >= 11 is 0. The van der Waals surface area contributed by atoms with E-state index in [0.29, 0.717) is 6.42 Å². The Morgan fingerprint density at radius 3 is 1.78 bits per heavy atom. The molecule has 1 rings (SSSR count). The van der Waals surface area contributed by atoms with E-state index in [4.69, 9.17) is 14.0 Å². The molecule has 0 aromatic heterocycles. The molecule has 0 heterocycles. The molecule has 0 aliphatic heterocycles. The maximum atomic E-state index is 9.45. The van der Waals surface area contributed by atoms with E-state index in [1.807, 2.05) is 30.3 Å². The van der Waals surface area contributed by atoms with E-state index >= 15 is 0 Å². The molecule has 1 aromatic rings. The molecule has 1 atom stereocenters. The minimum atomic E-state index is -0.395. The molecule has 4 nitrogen and oxygen atoms in total. The van der Waals surface area contributed by atoms with Crippen LogP contribution in [0.4, 0.5) is 0 Å². The predicted molar refractivity (Wildman–Crippen MR) is 58.0 cm³/mol. The van der Waals surface area contributed by atoms with Gasteiger partial charge < -0.3 is 5.11 Å². The fourth-order valence-corrected chi connectivity index (χ4v) is 0.969. The van der Waals surface area contributed by atoms with Gasteiger partial charge in [0.25, 0.3) is 0 Å². The average Bonchev–Trinajstić information content (AvgIpc) is 2.46. The smallest absolute Gasteiger partial charge is 0 e. The first-order valence-corrected chi connectivity index (χ1v) is 4.29. The Kier molecular flexibility index (Phi) is 35.1. The van der Waals surface area contributed by atoms with E-state index in [1.54, 1.807) is 6.08 Å².